The third-order valence-corrected chi connectivity index (χ3v) is 3.34. The molecule has 0 saturated carbocycles. The molecule has 0 aromatic heterocycles. The van der Waals surface area contributed by atoms with E-state index in [0.29, 0.717) is 11.5 Å². The molecule has 2 atom stereocenters. The number of ether oxygens (including phenoxy) is 1. The first kappa shape index (κ1) is 10.0. The Bertz CT molecular complexity index is 127. The van der Waals surface area contributed by atoms with Crippen LogP contribution in [0.5, 0.6) is 0 Å². The summed E-state index contributed by atoms with van der Waals surface area (Å²) >= 11 is 0. The molecule has 1 fully saturated rings. The van der Waals surface area contributed by atoms with E-state index in [1.54, 1.807) is 0 Å². The first-order chi connectivity index (χ1) is 5.73. The van der Waals surface area contributed by atoms with Crippen LogP contribution in [-0.4, -0.2) is 12.7 Å². The van der Waals surface area contributed by atoms with E-state index in [0.717, 1.165) is 6.61 Å². The summed E-state index contributed by atoms with van der Waals surface area (Å²) in [4.78, 5) is 0. The molecule has 1 nitrogen and oxygen atoms in total. The SMILES string of the molecule is CCCC(C)(CC)C1CCCO1. The molecular formula is C11H22O. The zero-order chi connectivity index (χ0) is 9.03. The summed E-state index contributed by atoms with van der Waals surface area (Å²) in [5.74, 6) is 0. The van der Waals surface area contributed by atoms with Gasteiger partial charge < -0.3 is 4.74 Å². The van der Waals surface area contributed by atoms with Crippen molar-refractivity contribution < 1.29 is 4.74 Å². The summed E-state index contributed by atoms with van der Waals surface area (Å²) in [5.41, 5.74) is 0.450. The Morgan fingerprint density at radius 3 is 2.58 bits per heavy atom. The molecule has 0 spiro atoms. The molecule has 0 aromatic rings. The Morgan fingerprint density at radius 2 is 2.17 bits per heavy atom. The molecule has 1 rings (SSSR count). The van der Waals surface area contributed by atoms with Crippen molar-refractivity contribution in [3.05, 3.63) is 0 Å². The molecule has 0 amide bonds. The highest BCUT2D eigenvalue weighted by Crippen LogP contribution is 2.38. The first-order valence-corrected chi connectivity index (χ1v) is 5.34. The number of rotatable bonds is 4. The molecule has 1 aliphatic heterocycles. The third-order valence-electron chi connectivity index (χ3n) is 3.34. The third kappa shape index (κ3) is 2.01. The summed E-state index contributed by atoms with van der Waals surface area (Å²) < 4.78 is 5.76. The molecule has 0 N–H and O–H groups in total. The maximum Gasteiger partial charge on any atom is 0.0629 e. The van der Waals surface area contributed by atoms with Gasteiger partial charge in [-0.15, -0.1) is 0 Å². The predicted octanol–water partition coefficient (Wildman–Crippen LogP) is 3.38. The van der Waals surface area contributed by atoms with Crippen molar-refractivity contribution in [3.8, 4) is 0 Å². The topological polar surface area (TPSA) is 9.23 Å². The van der Waals surface area contributed by atoms with Gasteiger partial charge in [-0.2, -0.15) is 0 Å². The van der Waals surface area contributed by atoms with Crippen molar-refractivity contribution in [2.75, 3.05) is 6.61 Å². The van der Waals surface area contributed by atoms with Gasteiger partial charge in [0, 0.05) is 6.61 Å². The largest absolute Gasteiger partial charge is 0.378 e. The van der Waals surface area contributed by atoms with E-state index in [1.165, 1.54) is 32.1 Å². The molecule has 1 heterocycles. The lowest BCUT2D eigenvalue weighted by molar-refractivity contribution is 0.000992. The first-order valence-electron chi connectivity index (χ1n) is 5.34. The van der Waals surface area contributed by atoms with Crippen LogP contribution < -0.4 is 0 Å². The minimum atomic E-state index is 0.450. The van der Waals surface area contributed by atoms with Crippen molar-refractivity contribution in [2.45, 2.75) is 59.0 Å². The van der Waals surface area contributed by atoms with Crippen molar-refractivity contribution in [2.24, 2.45) is 5.41 Å². The molecule has 0 aromatic carbocycles. The quantitative estimate of drug-likeness (QED) is 0.628. The molecule has 1 aliphatic rings. The van der Waals surface area contributed by atoms with Gasteiger partial charge in [-0.3, -0.25) is 0 Å². The van der Waals surface area contributed by atoms with Crippen molar-refractivity contribution in [3.63, 3.8) is 0 Å². The van der Waals surface area contributed by atoms with E-state index < -0.39 is 0 Å². The van der Waals surface area contributed by atoms with Gasteiger partial charge in [-0.25, -0.2) is 0 Å². The summed E-state index contributed by atoms with van der Waals surface area (Å²) in [7, 11) is 0. The molecular weight excluding hydrogens is 148 g/mol. The van der Waals surface area contributed by atoms with Gasteiger partial charge >= 0.3 is 0 Å². The highest BCUT2D eigenvalue weighted by molar-refractivity contribution is 4.84. The van der Waals surface area contributed by atoms with Crippen LogP contribution in [0.4, 0.5) is 0 Å². The lowest BCUT2D eigenvalue weighted by Gasteiger charge is -2.33. The Kier molecular flexibility index (Phi) is 3.57. The van der Waals surface area contributed by atoms with Gasteiger partial charge in [0.05, 0.1) is 6.10 Å². The van der Waals surface area contributed by atoms with Crippen LogP contribution in [0.2, 0.25) is 0 Å². The molecule has 2 unspecified atom stereocenters. The number of hydrogen-bond donors (Lipinski definition) is 0. The summed E-state index contributed by atoms with van der Waals surface area (Å²) in [5, 5.41) is 0. The molecule has 0 aliphatic carbocycles. The second-order valence-electron chi connectivity index (χ2n) is 4.26. The van der Waals surface area contributed by atoms with Gasteiger partial charge in [0.25, 0.3) is 0 Å². The summed E-state index contributed by atoms with van der Waals surface area (Å²) in [6.07, 6.45) is 6.94. The summed E-state index contributed by atoms with van der Waals surface area (Å²) in [6.45, 7) is 7.93. The van der Waals surface area contributed by atoms with E-state index in [-0.39, 0.29) is 0 Å². The zero-order valence-electron chi connectivity index (χ0n) is 8.73. The lowest BCUT2D eigenvalue weighted by atomic mass is 9.77. The molecule has 0 bridgehead atoms. The fourth-order valence-corrected chi connectivity index (χ4v) is 2.26. The van der Waals surface area contributed by atoms with Crippen LogP contribution in [0.3, 0.4) is 0 Å². The average Bonchev–Trinajstić information content (AvgIpc) is 2.57. The minimum absolute atomic E-state index is 0.450. The Morgan fingerprint density at radius 1 is 1.42 bits per heavy atom. The maximum absolute atomic E-state index is 5.76. The standard InChI is InChI=1S/C11H22O/c1-4-8-11(3,5-2)10-7-6-9-12-10/h10H,4-9H2,1-3H3. The molecule has 1 saturated heterocycles. The van der Waals surface area contributed by atoms with Crippen molar-refractivity contribution in [1.29, 1.82) is 0 Å². The van der Waals surface area contributed by atoms with Crippen LogP contribution in [-0.2, 0) is 4.74 Å². The lowest BCUT2D eigenvalue weighted by Crippen LogP contribution is -2.31. The summed E-state index contributed by atoms with van der Waals surface area (Å²) in [6, 6.07) is 0. The molecule has 12 heavy (non-hydrogen) atoms. The Hall–Kier alpha value is -0.0400. The van der Waals surface area contributed by atoms with Gasteiger partial charge in [0.15, 0.2) is 0 Å². The second kappa shape index (κ2) is 4.27. The van der Waals surface area contributed by atoms with E-state index >= 15 is 0 Å². The number of hydrogen-bond acceptors (Lipinski definition) is 1. The zero-order valence-corrected chi connectivity index (χ0v) is 8.73. The fourth-order valence-electron chi connectivity index (χ4n) is 2.26. The fraction of sp³-hybridized carbons (Fsp3) is 1.00. The Labute approximate surface area is 76.5 Å². The van der Waals surface area contributed by atoms with Gasteiger partial charge in [-0.05, 0) is 31.1 Å². The van der Waals surface area contributed by atoms with E-state index in [4.69, 9.17) is 4.74 Å². The average molecular weight is 170 g/mol. The van der Waals surface area contributed by atoms with Gasteiger partial charge in [0.2, 0.25) is 0 Å². The van der Waals surface area contributed by atoms with Gasteiger partial charge in [0.1, 0.15) is 0 Å². The van der Waals surface area contributed by atoms with Crippen LogP contribution in [0.25, 0.3) is 0 Å². The van der Waals surface area contributed by atoms with E-state index in [9.17, 15) is 0 Å². The van der Waals surface area contributed by atoms with Gasteiger partial charge in [-0.1, -0.05) is 27.2 Å². The molecule has 1 heteroatoms. The van der Waals surface area contributed by atoms with Crippen LogP contribution in [0.1, 0.15) is 52.9 Å². The van der Waals surface area contributed by atoms with Crippen LogP contribution >= 0.6 is 0 Å². The normalized spacial score (nSPS) is 28.8. The Balaban J connectivity index is 2.51. The monoisotopic (exact) mass is 170 g/mol. The molecule has 0 radical (unpaired) electrons. The van der Waals surface area contributed by atoms with E-state index in [2.05, 4.69) is 20.8 Å². The second-order valence-corrected chi connectivity index (χ2v) is 4.26. The smallest absolute Gasteiger partial charge is 0.0629 e. The van der Waals surface area contributed by atoms with Crippen molar-refractivity contribution >= 4 is 0 Å². The minimum Gasteiger partial charge on any atom is -0.378 e. The van der Waals surface area contributed by atoms with Crippen LogP contribution in [0.15, 0.2) is 0 Å². The highest BCUT2D eigenvalue weighted by atomic mass is 16.5. The maximum atomic E-state index is 5.76. The highest BCUT2D eigenvalue weighted by Gasteiger charge is 2.34. The van der Waals surface area contributed by atoms with Crippen LogP contribution in [0, 0.1) is 5.41 Å². The predicted molar refractivity (Wildman–Crippen MR) is 52.3 cm³/mol. The van der Waals surface area contributed by atoms with E-state index in [1.807, 2.05) is 0 Å². The van der Waals surface area contributed by atoms with Crippen molar-refractivity contribution in [1.82, 2.24) is 0 Å². The molecule has 72 valence electrons.